The molecule has 2 atom stereocenters. The van der Waals surface area contributed by atoms with E-state index >= 15 is 0 Å². The van der Waals surface area contributed by atoms with E-state index in [4.69, 9.17) is 4.42 Å². The number of hydrogen-bond acceptors (Lipinski definition) is 4. The number of aromatic nitrogens is 1. The Morgan fingerprint density at radius 1 is 1.69 bits per heavy atom. The second-order valence-corrected chi connectivity index (χ2v) is 4.35. The third kappa shape index (κ3) is 1.95. The monoisotopic (exact) mass is 224 g/mol. The molecule has 0 saturated carbocycles. The summed E-state index contributed by atoms with van der Waals surface area (Å²) >= 11 is 0. The predicted molar refractivity (Wildman–Crippen MR) is 56.9 cm³/mol. The van der Waals surface area contributed by atoms with E-state index in [1.807, 2.05) is 6.92 Å². The number of piperidine rings is 1. The van der Waals surface area contributed by atoms with E-state index in [1.54, 1.807) is 11.8 Å². The first kappa shape index (κ1) is 11.1. The van der Waals surface area contributed by atoms with Crippen LogP contribution in [0.2, 0.25) is 0 Å². The van der Waals surface area contributed by atoms with Gasteiger partial charge in [-0.25, -0.2) is 4.98 Å². The number of oxazole rings is 1. The highest BCUT2D eigenvalue weighted by Gasteiger charge is 2.29. The zero-order chi connectivity index (χ0) is 11.7. The molecule has 0 radical (unpaired) electrons. The number of aliphatic hydroxyl groups is 1. The van der Waals surface area contributed by atoms with Crippen molar-refractivity contribution < 1.29 is 14.3 Å². The van der Waals surface area contributed by atoms with Gasteiger partial charge in [0.1, 0.15) is 0 Å². The highest BCUT2D eigenvalue weighted by Crippen LogP contribution is 2.19. The molecule has 1 N–H and O–H groups in total. The van der Waals surface area contributed by atoms with Gasteiger partial charge in [0.05, 0.1) is 11.8 Å². The molecule has 2 rings (SSSR count). The standard InChI is InChI=1S/C11H16N2O3/c1-7-5-13(4-3-9(7)14)11(15)10-8(2)12-6-16-10/h6-7,9,14H,3-5H2,1-2H3. The van der Waals surface area contributed by atoms with Gasteiger partial charge in [-0.2, -0.15) is 0 Å². The normalized spacial score (nSPS) is 25.8. The minimum atomic E-state index is -0.306. The lowest BCUT2D eigenvalue weighted by molar-refractivity contribution is 0.0279. The number of hydrogen-bond donors (Lipinski definition) is 1. The maximum absolute atomic E-state index is 12.0. The molecule has 0 aromatic carbocycles. The van der Waals surface area contributed by atoms with E-state index in [1.165, 1.54) is 6.39 Å². The number of nitrogens with zero attached hydrogens (tertiary/aromatic N) is 2. The molecule has 1 aromatic heterocycles. The maximum atomic E-state index is 12.0. The van der Waals surface area contributed by atoms with Gasteiger partial charge < -0.3 is 14.4 Å². The van der Waals surface area contributed by atoms with Crippen LogP contribution in [0.3, 0.4) is 0 Å². The third-order valence-corrected chi connectivity index (χ3v) is 3.09. The number of amides is 1. The number of aliphatic hydroxyl groups excluding tert-OH is 1. The average molecular weight is 224 g/mol. The van der Waals surface area contributed by atoms with Crippen molar-refractivity contribution in [2.24, 2.45) is 5.92 Å². The highest BCUT2D eigenvalue weighted by molar-refractivity contribution is 5.92. The molecule has 0 bridgehead atoms. The Morgan fingerprint density at radius 3 is 3.00 bits per heavy atom. The van der Waals surface area contributed by atoms with E-state index in [0.717, 1.165) is 0 Å². The quantitative estimate of drug-likeness (QED) is 0.767. The first-order valence-corrected chi connectivity index (χ1v) is 5.47. The minimum absolute atomic E-state index is 0.112. The molecular formula is C11H16N2O3. The molecule has 0 aliphatic carbocycles. The molecule has 1 aliphatic heterocycles. The van der Waals surface area contributed by atoms with Crippen LogP contribution in [-0.2, 0) is 0 Å². The SMILES string of the molecule is Cc1ncoc1C(=O)N1CCC(O)C(C)C1. The first-order valence-electron chi connectivity index (χ1n) is 5.47. The lowest BCUT2D eigenvalue weighted by Crippen LogP contribution is -2.45. The van der Waals surface area contributed by atoms with E-state index in [9.17, 15) is 9.90 Å². The van der Waals surface area contributed by atoms with Crippen LogP contribution in [0.4, 0.5) is 0 Å². The Labute approximate surface area is 94.1 Å². The molecule has 2 heterocycles. The Balaban J connectivity index is 2.09. The van der Waals surface area contributed by atoms with Gasteiger partial charge in [-0.1, -0.05) is 6.92 Å². The molecule has 0 spiro atoms. The summed E-state index contributed by atoms with van der Waals surface area (Å²) in [5.74, 6) is 0.290. The van der Waals surface area contributed by atoms with Crippen molar-refractivity contribution in [1.29, 1.82) is 0 Å². The second kappa shape index (κ2) is 4.25. The summed E-state index contributed by atoms with van der Waals surface area (Å²) < 4.78 is 5.08. The molecule has 88 valence electrons. The number of likely N-dealkylation sites (tertiary alicyclic amines) is 1. The summed E-state index contributed by atoms with van der Waals surface area (Å²) in [4.78, 5) is 17.7. The maximum Gasteiger partial charge on any atom is 0.291 e. The summed E-state index contributed by atoms with van der Waals surface area (Å²) in [6, 6.07) is 0. The van der Waals surface area contributed by atoms with Crippen LogP contribution >= 0.6 is 0 Å². The molecule has 1 saturated heterocycles. The topological polar surface area (TPSA) is 66.6 Å². The fraction of sp³-hybridized carbons (Fsp3) is 0.636. The molecule has 2 unspecified atom stereocenters. The van der Waals surface area contributed by atoms with Gasteiger partial charge in [0, 0.05) is 13.1 Å². The van der Waals surface area contributed by atoms with Crippen molar-refractivity contribution in [2.45, 2.75) is 26.4 Å². The first-order chi connectivity index (χ1) is 7.59. The molecular weight excluding hydrogens is 208 g/mol. The highest BCUT2D eigenvalue weighted by atomic mass is 16.3. The molecule has 1 fully saturated rings. The average Bonchev–Trinajstić information content (AvgIpc) is 2.67. The zero-order valence-corrected chi connectivity index (χ0v) is 9.51. The Bertz CT molecular complexity index is 388. The van der Waals surface area contributed by atoms with Gasteiger partial charge >= 0.3 is 0 Å². The van der Waals surface area contributed by atoms with E-state index in [0.29, 0.717) is 31.0 Å². The van der Waals surface area contributed by atoms with Crippen LogP contribution in [0.1, 0.15) is 29.6 Å². The van der Waals surface area contributed by atoms with E-state index in [-0.39, 0.29) is 17.9 Å². The molecule has 1 aromatic rings. The van der Waals surface area contributed by atoms with Gasteiger partial charge in [-0.3, -0.25) is 4.79 Å². The van der Waals surface area contributed by atoms with Crippen LogP contribution in [-0.4, -0.2) is 40.1 Å². The van der Waals surface area contributed by atoms with Gasteiger partial charge in [0.2, 0.25) is 5.76 Å². The Hall–Kier alpha value is -1.36. The van der Waals surface area contributed by atoms with Crippen LogP contribution in [0.15, 0.2) is 10.8 Å². The Morgan fingerprint density at radius 2 is 2.44 bits per heavy atom. The minimum Gasteiger partial charge on any atom is -0.438 e. The van der Waals surface area contributed by atoms with Crippen LogP contribution in [0.5, 0.6) is 0 Å². The number of carbonyl (C=O) groups is 1. The van der Waals surface area contributed by atoms with Crippen molar-refractivity contribution in [3.8, 4) is 0 Å². The summed E-state index contributed by atoms with van der Waals surface area (Å²) in [5, 5.41) is 9.59. The number of rotatable bonds is 1. The summed E-state index contributed by atoms with van der Waals surface area (Å²) in [5.41, 5.74) is 0.615. The smallest absolute Gasteiger partial charge is 0.291 e. The largest absolute Gasteiger partial charge is 0.438 e. The van der Waals surface area contributed by atoms with Crippen molar-refractivity contribution in [3.05, 3.63) is 17.8 Å². The predicted octanol–water partition coefficient (Wildman–Crippen LogP) is 0.826. The van der Waals surface area contributed by atoms with Crippen LogP contribution in [0.25, 0.3) is 0 Å². The molecule has 1 aliphatic rings. The van der Waals surface area contributed by atoms with E-state index < -0.39 is 0 Å². The van der Waals surface area contributed by atoms with Crippen LogP contribution in [0, 0.1) is 12.8 Å². The van der Waals surface area contributed by atoms with Gasteiger partial charge in [0.25, 0.3) is 5.91 Å². The lowest BCUT2D eigenvalue weighted by atomic mass is 9.96. The molecule has 5 nitrogen and oxygen atoms in total. The third-order valence-electron chi connectivity index (χ3n) is 3.09. The van der Waals surface area contributed by atoms with Crippen molar-refractivity contribution in [1.82, 2.24) is 9.88 Å². The second-order valence-electron chi connectivity index (χ2n) is 4.35. The summed E-state index contributed by atoms with van der Waals surface area (Å²) in [6.07, 6.45) is 1.60. The summed E-state index contributed by atoms with van der Waals surface area (Å²) in [6.45, 7) is 4.83. The van der Waals surface area contributed by atoms with Gasteiger partial charge in [-0.15, -0.1) is 0 Å². The number of carbonyl (C=O) groups excluding carboxylic acids is 1. The fourth-order valence-electron chi connectivity index (χ4n) is 1.97. The Kier molecular flexibility index (Phi) is 2.96. The molecule has 5 heteroatoms. The zero-order valence-electron chi connectivity index (χ0n) is 9.51. The van der Waals surface area contributed by atoms with Crippen LogP contribution < -0.4 is 0 Å². The molecule has 16 heavy (non-hydrogen) atoms. The van der Waals surface area contributed by atoms with Gasteiger partial charge in [-0.05, 0) is 19.3 Å². The summed E-state index contributed by atoms with van der Waals surface area (Å²) in [7, 11) is 0. The number of aryl methyl sites for hydroxylation is 1. The fourth-order valence-corrected chi connectivity index (χ4v) is 1.97. The van der Waals surface area contributed by atoms with Crippen molar-refractivity contribution in [3.63, 3.8) is 0 Å². The lowest BCUT2D eigenvalue weighted by Gasteiger charge is -2.33. The van der Waals surface area contributed by atoms with Gasteiger partial charge in [0.15, 0.2) is 6.39 Å². The van der Waals surface area contributed by atoms with E-state index in [2.05, 4.69) is 4.98 Å². The van der Waals surface area contributed by atoms with Crippen molar-refractivity contribution in [2.75, 3.05) is 13.1 Å². The molecule has 1 amide bonds. The van der Waals surface area contributed by atoms with Crippen molar-refractivity contribution >= 4 is 5.91 Å².